The second-order valence-electron chi connectivity index (χ2n) is 5.49. The monoisotopic (exact) mass is 424 g/mol. The van der Waals surface area contributed by atoms with E-state index in [0.717, 1.165) is 4.47 Å². The van der Waals surface area contributed by atoms with E-state index in [0.29, 0.717) is 18.9 Å². The average molecular weight is 425 g/mol. The van der Waals surface area contributed by atoms with Crippen LogP contribution in [0.25, 0.3) is 0 Å². The lowest BCUT2D eigenvalue weighted by molar-refractivity contribution is 0.184. The van der Waals surface area contributed by atoms with E-state index in [4.69, 9.17) is 0 Å². The molecule has 0 spiro atoms. The first kappa shape index (κ1) is 17.8. The van der Waals surface area contributed by atoms with Crippen molar-refractivity contribution in [2.24, 2.45) is 0 Å². The first-order valence-corrected chi connectivity index (χ1v) is 9.93. The Morgan fingerprint density at radius 2 is 1.72 bits per heavy atom. The summed E-state index contributed by atoms with van der Waals surface area (Å²) in [4.78, 5) is 18.1. The minimum absolute atomic E-state index is 0.252. The van der Waals surface area contributed by atoms with E-state index in [1.165, 1.54) is 4.31 Å². The molecule has 1 saturated heterocycles. The molecule has 0 atom stereocenters. The predicted octanol–water partition coefficient (Wildman–Crippen LogP) is 2.38. The molecular formula is C16H17BrN4O3S. The summed E-state index contributed by atoms with van der Waals surface area (Å²) in [5.74, 6) is 0.470. The van der Waals surface area contributed by atoms with Gasteiger partial charge in [0.2, 0.25) is 10.0 Å². The number of pyridine rings is 1. The van der Waals surface area contributed by atoms with E-state index in [9.17, 15) is 13.2 Å². The van der Waals surface area contributed by atoms with Crippen LogP contribution in [0.5, 0.6) is 0 Å². The maximum atomic E-state index is 12.6. The number of urea groups is 1. The molecule has 3 rings (SSSR count). The van der Waals surface area contributed by atoms with Crippen LogP contribution in [-0.2, 0) is 10.0 Å². The van der Waals surface area contributed by atoms with Crippen molar-refractivity contribution in [3.8, 4) is 0 Å². The number of anilines is 1. The molecule has 1 aliphatic heterocycles. The Morgan fingerprint density at radius 1 is 1.04 bits per heavy atom. The number of halogens is 1. The van der Waals surface area contributed by atoms with Gasteiger partial charge in [0, 0.05) is 36.8 Å². The number of carbonyl (C=O) groups excluding carboxylic acids is 1. The molecule has 0 saturated carbocycles. The van der Waals surface area contributed by atoms with Gasteiger partial charge in [-0.25, -0.2) is 18.2 Å². The largest absolute Gasteiger partial charge is 0.323 e. The second-order valence-corrected chi connectivity index (χ2v) is 8.34. The number of carbonyl (C=O) groups is 1. The summed E-state index contributed by atoms with van der Waals surface area (Å²) >= 11 is 3.29. The van der Waals surface area contributed by atoms with Gasteiger partial charge in [0.1, 0.15) is 5.82 Å². The fourth-order valence-electron chi connectivity index (χ4n) is 2.51. The number of sulfonamides is 1. The van der Waals surface area contributed by atoms with Gasteiger partial charge in [0.05, 0.1) is 4.90 Å². The Kier molecular flexibility index (Phi) is 5.36. The molecule has 1 fully saturated rings. The van der Waals surface area contributed by atoms with Gasteiger partial charge in [-0.15, -0.1) is 0 Å². The highest BCUT2D eigenvalue weighted by molar-refractivity contribution is 9.10. The molecular weight excluding hydrogens is 408 g/mol. The van der Waals surface area contributed by atoms with Crippen molar-refractivity contribution < 1.29 is 13.2 Å². The van der Waals surface area contributed by atoms with E-state index < -0.39 is 10.0 Å². The van der Waals surface area contributed by atoms with Gasteiger partial charge in [0.25, 0.3) is 0 Å². The molecule has 1 aromatic carbocycles. The fraction of sp³-hybridized carbons (Fsp3) is 0.250. The third-order valence-electron chi connectivity index (χ3n) is 3.88. The zero-order chi connectivity index (χ0) is 17.9. The third-order valence-corrected chi connectivity index (χ3v) is 6.32. The maximum absolute atomic E-state index is 12.6. The van der Waals surface area contributed by atoms with Crippen LogP contribution in [0.15, 0.2) is 58.0 Å². The summed E-state index contributed by atoms with van der Waals surface area (Å²) in [6.07, 6.45) is 1.60. The lowest BCUT2D eigenvalue weighted by Crippen LogP contribution is -2.51. The number of amides is 2. The topological polar surface area (TPSA) is 82.6 Å². The van der Waals surface area contributed by atoms with E-state index in [2.05, 4.69) is 26.2 Å². The van der Waals surface area contributed by atoms with Gasteiger partial charge >= 0.3 is 6.03 Å². The van der Waals surface area contributed by atoms with Crippen molar-refractivity contribution in [1.29, 1.82) is 0 Å². The summed E-state index contributed by atoms with van der Waals surface area (Å²) in [5, 5.41) is 2.71. The molecule has 9 heteroatoms. The molecule has 0 unspecified atom stereocenters. The molecule has 2 amide bonds. The number of rotatable bonds is 3. The highest BCUT2D eigenvalue weighted by atomic mass is 79.9. The van der Waals surface area contributed by atoms with Crippen molar-refractivity contribution in [3.05, 3.63) is 53.1 Å². The fourth-order valence-corrected chi connectivity index (χ4v) is 4.20. The molecule has 7 nitrogen and oxygen atoms in total. The Hall–Kier alpha value is -1.97. The summed E-state index contributed by atoms with van der Waals surface area (Å²) < 4.78 is 27.5. The van der Waals surface area contributed by atoms with Gasteiger partial charge in [-0.05, 0) is 36.4 Å². The average Bonchev–Trinajstić information content (AvgIpc) is 2.63. The molecule has 0 bridgehead atoms. The van der Waals surface area contributed by atoms with Gasteiger partial charge < -0.3 is 4.90 Å². The second kappa shape index (κ2) is 7.51. The van der Waals surface area contributed by atoms with Gasteiger partial charge in [-0.1, -0.05) is 22.0 Å². The van der Waals surface area contributed by atoms with Crippen molar-refractivity contribution in [2.45, 2.75) is 4.90 Å². The van der Waals surface area contributed by atoms with Gasteiger partial charge in [-0.3, -0.25) is 5.32 Å². The number of hydrogen-bond acceptors (Lipinski definition) is 4. The van der Waals surface area contributed by atoms with Gasteiger partial charge in [0.15, 0.2) is 0 Å². The first-order chi connectivity index (χ1) is 12.0. The quantitative estimate of drug-likeness (QED) is 0.819. The lowest BCUT2D eigenvalue weighted by Gasteiger charge is -2.33. The van der Waals surface area contributed by atoms with E-state index in [-0.39, 0.29) is 24.0 Å². The zero-order valence-corrected chi connectivity index (χ0v) is 15.7. The van der Waals surface area contributed by atoms with Gasteiger partial charge in [-0.2, -0.15) is 4.31 Å². The standard InChI is InChI=1S/C16H17BrN4O3S/c17-13-4-6-14(7-5-13)25(23,24)21-11-9-20(10-12-21)16(22)19-15-3-1-2-8-18-15/h1-8H,9-12H2,(H,18,19,22). The molecule has 0 radical (unpaired) electrons. The molecule has 1 aliphatic rings. The molecule has 2 heterocycles. The van der Waals surface area contributed by atoms with Crippen LogP contribution < -0.4 is 5.32 Å². The minimum atomic E-state index is -3.55. The predicted molar refractivity (Wildman–Crippen MR) is 97.7 cm³/mol. The number of benzene rings is 1. The zero-order valence-electron chi connectivity index (χ0n) is 13.3. The number of nitrogens with one attached hydrogen (secondary N) is 1. The van der Waals surface area contributed by atoms with E-state index in [1.807, 2.05) is 0 Å². The Bertz CT molecular complexity index is 835. The van der Waals surface area contributed by atoms with Crippen LogP contribution in [-0.4, -0.2) is 54.8 Å². The normalized spacial score (nSPS) is 15.8. The number of aromatic nitrogens is 1. The number of hydrogen-bond donors (Lipinski definition) is 1. The van der Waals surface area contributed by atoms with Crippen LogP contribution in [0, 0.1) is 0 Å². The number of nitrogens with zero attached hydrogens (tertiary/aromatic N) is 3. The molecule has 2 aromatic rings. The van der Waals surface area contributed by atoms with Crippen molar-refractivity contribution in [1.82, 2.24) is 14.2 Å². The first-order valence-electron chi connectivity index (χ1n) is 7.69. The molecule has 1 aromatic heterocycles. The summed E-state index contributed by atoms with van der Waals surface area (Å²) in [5.41, 5.74) is 0. The van der Waals surface area contributed by atoms with Crippen LogP contribution in [0.3, 0.4) is 0 Å². The van der Waals surface area contributed by atoms with Crippen LogP contribution >= 0.6 is 15.9 Å². The lowest BCUT2D eigenvalue weighted by atomic mass is 10.4. The van der Waals surface area contributed by atoms with Crippen LogP contribution in [0.2, 0.25) is 0 Å². The SMILES string of the molecule is O=C(Nc1ccccn1)N1CCN(S(=O)(=O)c2ccc(Br)cc2)CC1. The summed E-state index contributed by atoms with van der Waals surface area (Å²) in [6.45, 7) is 1.17. The Balaban J connectivity index is 1.61. The summed E-state index contributed by atoms with van der Waals surface area (Å²) in [7, 11) is -3.55. The molecule has 132 valence electrons. The van der Waals surface area contributed by atoms with Crippen LogP contribution in [0.1, 0.15) is 0 Å². The highest BCUT2D eigenvalue weighted by Gasteiger charge is 2.30. The Morgan fingerprint density at radius 3 is 2.32 bits per heavy atom. The molecule has 25 heavy (non-hydrogen) atoms. The van der Waals surface area contributed by atoms with Crippen LogP contribution in [0.4, 0.5) is 10.6 Å². The minimum Gasteiger partial charge on any atom is -0.322 e. The molecule has 0 aliphatic carbocycles. The van der Waals surface area contributed by atoms with Crippen molar-refractivity contribution >= 4 is 37.8 Å². The van der Waals surface area contributed by atoms with E-state index >= 15 is 0 Å². The molecule has 1 N–H and O–H groups in total. The highest BCUT2D eigenvalue weighted by Crippen LogP contribution is 2.20. The van der Waals surface area contributed by atoms with Crippen molar-refractivity contribution in [3.63, 3.8) is 0 Å². The Labute approximate surface area is 154 Å². The summed E-state index contributed by atoms with van der Waals surface area (Å²) in [6, 6.07) is 11.5. The maximum Gasteiger partial charge on any atom is 0.323 e. The van der Waals surface area contributed by atoms with Crippen molar-refractivity contribution in [2.75, 3.05) is 31.5 Å². The smallest absolute Gasteiger partial charge is 0.322 e. The number of piperazine rings is 1. The van der Waals surface area contributed by atoms with E-state index in [1.54, 1.807) is 53.6 Å². The third kappa shape index (κ3) is 4.17.